The predicted molar refractivity (Wildman–Crippen MR) is 81.1 cm³/mol. The summed E-state index contributed by atoms with van der Waals surface area (Å²) in [5, 5.41) is 0. The highest BCUT2D eigenvalue weighted by Crippen LogP contribution is 2.60. The Labute approximate surface area is 118 Å². The van der Waals surface area contributed by atoms with Crippen LogP contribution < -0.4 is 0 Å². The van der Waals surface area contributed by atoms with Gasteiger partial charge in [0.15, 0.2) is 0 Å². The summed E-state index contributed by atoms with van der Waals surface area (Å²) in [6, 6.07) is 0. The fraction of sp³-hybridized carbons (Fsp3) is 0.833. The average molecular weight is 262 g/mol. The summed E-state index contributed by atoms with van der Waals surface area (Å²) < 4.78 is 0. The van der Waals surface area contributed by atoms with Gasteiger partial charge in [-0.05, 0) is 62.7 Å². The third-order valence-corrected chi connectivity index (χ3v) is 5.97. The van der Waals surface area contributed by atoms with Crippen LogP contribution in [0.3, 0.4) is 0 Å². The quantitative estimate of drug-likeness (QED) is 0.631. The van der Waals surface area contributed by atoms with Crippen molar-refractivity contribution in [1.29, 1.82) is 0 Å². The molecule has 0 amide bonds. The maximum atomic E-state index is 11.4. The van der Waals surface area contributed by atoms with E-state index in [1.54, 1.807) is 18.1 Å². The molecule has 0 spiro atoms. The molecule has 2 aliphatic rings. The normalized spacial score (nSPS) is 34.1. The number of hydrogen-bond donors (Lipinski definition) is 0. The minimum atomic E-state index is 0.334. The van der Waals surface area contributed by atoms with E-state index in [1.165, 1.54) is 32.1 Å². The molecule has 1 fully saturated rings. The van der Waals surface area contributed by atoms with Crippen molar-refractivity contribution in [1.82, 2.24) is 0 Å². The van der Waals surface area contributed by atoms with Gasteiger partial charge in [-0.2, -0.15) is 0 Å². The maximum absolute atomic E-state index is 11.4. The molecule has 0 heterocycles. The summed E-state index contributed by atoms with van der Waals surface area (Å²) in [5.74, 6) is 1.14. The summed E-state index contributed by atoms with van der Waals surface area (Å²) in [5.41, 5.74) is 4.04. The number of hydrogen-bond acceptors (Lipinski definition) is 1. The zero-order valence-electron chi connectivity index (χ0n) is 13.4. The monoisotopic (exact) mass is 262 g/mol. The largest absolute Gasteiger partial charge is 0.300 e. The molecule has 1 saturated carbocycles. The van der Waals surface area contributed by atoms with Gasteiger partial charge in [-0.15, -0.1) is 0 Å². The summed E-state index contributed by atoms with van der Waals surface area (Å²) in [6.45, 7) is 11.4. The van der Waals surface area contributed by atoms with Gasteiger partial charge in [0.2, 0.25) is 0 Å². The standard InChI is InChI=1S/C18H30O/c1-13-7-10-16-17(3,4)11-6-12-18(16,5)15(13)9-8-14(2)19/h16H,6-12H2,1-5H3/t16-,18+/m0/s1. The van der Waals surface area contributed by atoms with Gasteiger partial charge < -0.3 is 4.79 Å². The third kappa shape index (κ3) is 2.66. The van der Waals surface area contributed by atoms with Crippen LogP contribution in [0.4, 0.5) is 0 Å². The second-order valence-corrected chi connectivity index (χ2v) is 7.81. The van der Waals surface area contributed by atoms with E-state index in [0.29, 0.717) is 16.6 Å². The van der Waals surface area contributed by atoms with Crippen molar-refractivity contribution in [2.24, 2.45) is 16.7 Å². The summed E-state index contributed by atoms with van der Waals surface area (Å²) >= 11 is 0. The van der Waals surface area contributed by atoms with Gasteiger partial charge in [0.1, 0.15) is 5.78 Å². The predicted octanol–water partition coefficient (Wildman–Crippen LogP) is 5.30. The first-order valence-electron chi connectivity index (χ1n) is 7.96. The number of ketones is 1. The third-order valence-electron chi connectivity index (χ3n) is 5.97. The van der Waals surface area contributed by atoms with Gasteiger partial charge in [0.25, 0.3) is 0 Å². The molecule has 0 aromatic rings. The van der Waals surface area contributed by atoms with Crippen LogP contribution >= 0.6 is 0 Å². The van der Waals surface area contributed by atoms with Crippen LogP contribution in [0.5, 0.6) is 0 Å². The number of carbonyl (C=O) groups excluding carboxylic acids is 1. The molecular formula is C18H30O. The molecule has 2 rings (SSSR count). The molecule has 0 unspecified atom stereocenters. The van der Waals surface area contributed by atoms with Crippen molar-refractivity contribution in [2.45, 2.75) is 79.6 Å². The first kappa shape index (κ1) is 14.8. The lowest BCUT2D eigenvalue weighted by atomic mass is 9.50. The van der Waals surface area contributed by atoms with E-state index >= 15 is 0 Å². The van der Waals surface area contributed by atoms with Crippen molar-refractivity contribution in [2.75, 3.05) is 0 Å². The second kappa shape index (κ2) is 5.07. The van der Waals surface area contributed by atoms with Gasteiger partial charge in [-0.25, -0.2) is 0 Å². The molecule has 0 bridgehead atoms. The van der Waals surface area contributed by atoms with Crippen LogP contribution in [0.2, 0.25) is 0 Å². The molecule has 0 aromatic carbocycles. The Kier molecular flexibility index (Phi) is 3.95. The van der Waals surface area contributed by atoms with E-state index < -0.39 is 0 Å². The molecule has 0 aromatic heterocycles. The van der Waals surface area contributed by atoms with Gasteiger partial charge >= 0.3 is 0 Å². The van der Waals surface area contributed by atoms with Crippen molar-refractivity contribution < 1.29 is 4.79 Å². The Morgan fingerprint density at radius 3 is 2.58 bits per heavy atom. The minimum absolute atomic E-state index is 0.334. The van der Waals surface area contributed by atoms with Gasteiger partial charge in [0.05, 0.1) is 0 Å². The molecule has 0 aliphatic heterocycles. The van der Waals surface area contributed by atoms with E-state index in [9.17, 15) is 4.79 Å². The van der Waals surface area contributed by atoms with Gasteiger partial charge in [-0.1, -0.05) is 38.3 Å². The molecule has 1 heteroatoms. The number of allylic oxidation sites excluding steroid dienone is 2. The smallest absolute Gasteiger partial charge is 0.130 e. The molecule has 19 heavy (non-hydrogen) atoms. The van der Waals surface area contributed by atoms with E-state index in [1.807, 2.05) is 0 Å². The maximum Gasteiger partial charge on any atom is 0.130 e. The molecular weight excluding hydrogens is 232 g/mol. The number of carbonyl (C=O) groups is 1. The Balaban J connectivity index is 2.31. The summed E-state index contributed by atoms with van der Waals surface area (Å²) in [6.07, 6.45) is 8.37. The van der Waals surface area contributed by atoms with Crippen LogP contribution in [0.1, 0.15) is 79.6 Å². The number of rotatable bonds is 3. The lowest BCUT2D eigenvalue weighted by Gasteiger charge is -2.55. The number of Topliss-reactive ketones (excluding diaryl/α,β-unsaturated/α-hetero) is 1. The van der Waals surface area contributed by atoms with Crippen molar-refractivity contribution in [3.05, 3.63) is 11.1 Å². The fourth-order valence-electron chi connectivity index (χ4n) is 4.99. The Morgan fingerprint density at radius 1 is 1.26 bits per heavy atom. The molecule has 2 atom stereocenters. The molecule has 1 nitrogen and oxygen atoms in total. The Bertz CT molecular complexity index is 402. The van der Waals surface area contributed by atoms with Crippen LogP contribution in [0.25, 0.3) is 0 Å². The van der Waals surface area contributed by atoms with Crippen molar-refractivity contribution in [3.8, 4) is 0 Å². The van der Waals surface area contributed by atoms with E-state index in [4.69, 9.17) is 0 Å². The zero-order valence-corrected chi connectivity index (χ0v) is 13.4. The Hall–Kier alpha value is -0.590. The minimum Gasteiger partial charge on any atom is -0.300 e. The Morgan fingerprint density at radius 2 is 1.95 bits per heavy atom. The fourth-order valence-corrected chi connectivity index (χ4v) is 4.99. The highest BCUT2D eigenvalue weighted by Gasteiger charge is 2.49. The molecule has 0 N–H and O–H groups in total. The summed E-state index contributed by atoms with van der Waals surface area (Å²) in [4.78, 5) is 11.4. The highest BCUT2D eigenvalue weighted by atomic mass is 16.1. The SMILES string of the molecule is CC(=O)CCC1=C(C)CC[C@H]2C(C)(C)CCC[C@]12C. The average Bonchev–Trinajstić information content (AvgIpc) is 2.26. The van der Waals surface area contributed by atoms with Crippen LogP contribution in [0, 0.1) is 16.7 Å². The summed E-state index contributed by atoms with van der Waals surface area (Å²) in [7, 11) is 0. The molecule has 0 radical (unpaired) electrons. The van der Waals surface area contributed by atoms with E-state index in [2.05, 4.69) is 27.7 Å². The van der Waals surface area contributed by atoms with E-state index in [0.717, 1.165) is 18.8 Å². The van der Waals surface area contributed by atoms with Gasteiger partial charge in [0, 0.05) is 6.42 Å². The van der Waals surface area contributed by atoms with Gasteiger partial charge in [-0.3, -0.25) is 0 Å². The molecule has 108 valence electrons. The zero-order chi connectivity index (χ0) is 14.3. The number of fused-ring (bicyclic) bond motifs is 1. The van der Waals surface area contributed by atoms with Crippen LogP contribution in [-0.2, 0) is 4.79 Å². The lowest BCUT2D eigenvalue weighted by molar-refractivity contribution is -0.117. The topological polar surface area (TPSA) is 17.1 Å². The lowest BCUT2D eigenvalue weighted by Crippen LogP contribution is -2.45. The second-order valence-electron chi connectivity index (χ2n) is 7.81. The van der Waals surface area contributed by atoms with E-state index in [-0.39, 0.29) is 0 Å². The highest BCUT2D eigenvalue weighted by molar-refractivity contribution is 5.75. The first-order valence-corrected chi connectivity index (χ1v) is 7.96. The van der Waals surface area contributed by atoms with Crippen molar-refractivity contribution in [3.63, 3.8) is 0 Å². The van der Waals surface area contributed by atoms with Crippen molar-refractivity contribution >= 4 is 5.78 Å². The van der Waals surface area contributed by atoms with Crippen LogP contribution in [-0.4, -0.2) is 5.78 Å². The van der Waals surface area contributed by atoms with Crippen LogP contribution in [0.15, 0.2) is 11.1 Å². The first-order chi connectivity index (χ1) is 8.77. The molecule has 2 aliphatic carbocycles. The molecule has 0 saturated heterocycles.